The summed E-state index contributed by atoms with van der Waals surface area (Å²) in [5, 5.41) is 0. The van der Waals surface area contributed by atoms with Crippen LogP contribution in [0.3, 0.4) is 0 Å². The number of nitrogens with zero attached hydrogens (tertiary/aromatic N) is 2. The summed E-state index contributed by atoms with van der Waals surface area (Å²) >= 11 is 0. The van der Waals surface area contributed by atoms with E-state index in [9.17, 15) is 9.59 Å². The minimum Gasteiger partial charge on any atom is -0.370 e. The fraction of sp³-hybridized carbons (Fsp3) is 0.500. The van der Waals surface area contributed by atoms with Crippen LogP contribution in [0.25, 0.3) is 0 Å². The summed E-state index contributed by atoms with van der Waals surface area (Å²) in [6, 6.07) is 5.60. The Morgan fingerprint density at radius 3 is 2.64 bits per heavy atom. The average molecular weight is 303 g/mol. The molecule has 2 heterocycles. The van der Waals surface area contributed by atoms with Crippen LogP contribution in [0.1, 0.15) is 12.5 Å². The maximum Gasteiger partial charge on any atom is 0.253 e. The molecule has 6 nitrogen and oxygen atoms in total. The molecule has 0 bridgehead atoms. The van der Waals surface area contributed by atoms with Gasteiger partial charge < -0.3 is 20.3 Å². The fourth-order valence-electron chi connectivity index (χ4n) is 3.00. The highest BCUT2D eigenvalue weighted by Crippen LogP contribution is 2.30. The van der Waals surface area contributed by atoms with Crippen LogP contribution in [0.2, 0.25) is 0 Å². The summed E-state index contributed by atoms with van der Waals surface area (Å²) < 4.78 is 5.16. The zero-order valence-corrected chi connectivity index (χ0v) is 12.9. The van der Waals surface area contributed by atoms with Crippen LogP contribution in [0.15, 0.2) is 18.2 Å². The van der Waals surface area contributed by atoms with Crippen molar-refractivity contribution in [1.82, 2.24) is 0 Å². The van der Waals surface area contributed by atoms with Crippen molar-refractivity contribution in [3.05, 3.63) is 23.8 Å². The first-order chi connectivity index (χ1) is 10.5. The van der Waals surface area contributed by atoms with E-state index in [-0.39, 0.29) is 30.4 Å². The van der Waals surface area contributed by atoms with Gasteiger partial charge >= 0.3 is 0 Å². The van der Waals surface area contributed by atoms with Gasteiger partial charge in [-0.3, -0.25) is 9.59 Å². The Morgan fingerprint density at radius 2 is 2.05 bits per heavy atom. The predicted octanol–water partition coefficient (Wildman–Crippen LogP) is 0.668. The van der Waals surface area contributed by atoms with Gasteiger partial charge in [-0.1, -0.05) is 6.92 Å². The van der Waals surface area contributed by atoms with Crippen molar-refractivity contribution >= 4 is 23.2 Å². The maximum absolute atomic E-state index is 12.2. The van der Waals surface area contributed by atoms with Crippen molar-refractivity contribution in [2.45, 2.75) is 19.9 Å². The number of hydrogen-bond acceptors (Lipinski definition) is 4. The lowest BCUT2D eigenvalue weighted by Crippen LogP contribution is -2.42. The third-order valence-corrected chi connectivity index (χ3v) is 4.46. The molecular formula is C16H21N3O3. The smallest absolute Gasteiger partial charge is 0.253 e. The predicted molar refractivity (Wildman–Crippen MR) is 83.8 cm³/mol. The first-order valence-corrected chi connectivity index (χ1v) is 7.55. The number of carbonyl (C=O) groups is 2. The molecule has 0 spiro atoms. The maximum atomic E-state index is 12.2. The van der Waals surface area contributed by atoms with E-state index in [4.69, 9.17) is 10.5 Å². The van der Waals surface area contributed by atoms with Crippen molar-refractivity contribution in [3.8, 4) is 0 Å². The Balaban J connectivity index is 1.86. The highest BCUT2D eigenvalue weighted by atomic mass is 16.5. The number of carbonyl (C=O) groups excluding carboxylic acids is 2. The molecule has 0 aromatic heterocycles. The van der Waals surface area contributed by atoms with E-state index in [0.29, 0.717) is 19.7 Å². The Hall–Kier alpha value is -1.92. The van der Waals surface area contributed by atoms with Crippen molar-refractivity contribution in [1.29, 1.82) is 0 Å². The summed E-state index contributed by atoms with van der Waals surface area (Å²) in [5.41, 5.74) is 8.65. The van der Waals surface area contributed by atoms with Crippen molar-refractivity contribution in [2.24, 2.45) is 11.7 Å². The molecule has 118 valence electrons. The van der Waals surface area contributed by atoms with Crippen molar-refractivity contribution in [3.63, 3.8) is 0 Å². The zero-order valence-electron chi connectivity index (χ0n) is 12.9. The van der Waals surface area contributed by atoms with E-state index in [1.54, 1.807) is 9.80 Å². The van der Waals surface area contributed by atoms with Gasteiger partial charge in [-0.05, 0) is 30.7 Å². The second-order valence-electron chi connectivity index (χ2n) is 5.97. The van der Waals surface area contributed by atoms with Gasteiger partial charge in [0.25, 0.3) is 5.91 Å². The normalized spacial score (nSPS) is 26.0. The summed E-state index contributed by atoms with van der Waals surface area (Å²) in [5.74, 6) is -0.127. The number of amides is 2. The van der Waals surface area contributed by atoms with Gasteiger partial charge in [0, 0.05) is 30.5 Å². The third-order valence-electron chi connectivity index (χ3n) is 4.46. The number of benzene rings is 1. The molecule has 2 atom stereocenters. The molecule has 1 aromatic carbocycles. The van der Waals surface area contributed by atoms with Gasteiger partial charge in [-0.2, -0.15) is 0 Å². The molecule has 0 aliphatic carbocycles. The number of hydrogen-bond donors (Lipinski definition) is 1. The lowest BCUT2D eigenvalue weighted by atomic mass is 10.1. The largest absolute Gasteiger partial charge is 0.370 e. The molecular weight excluding hydrogens is 282 g/mol. The van der Waals surface area contributed by atoms with Crippen LogP contribution in [-0.4, -0.2) is 44.2 Å². The highest BCUT2D eigenvalue weighted by molar-refractivity contribution is 5.99. The van der Waals surface area contributed by atoms with Crippen molar-refractivity contribution < 1.29 is 14.3 Å². The monoisotopic (exact) mass is 303 g/mol. The summed E-state index contributed by atoms with van der Waals surface area (Å²) in [6.07, 6.45) is 0. The lowest BCUT2D eigenvalue weighted by molar-refractivity contribution is -0.125. The molecule has 2 aliphatic heterocycles. The second kappa shape index (κ2) is 5.70. The second-order valence-corrected chi connectivity index (χ2v) is 5.97. The van der Waals surface area contributed by atoms with Crippen LogP contribution >= 0.6 is 0 Å². The van der Waals surface area contributed by atoms with Gasteiger partial charge in [-0.15, -0.1) is 0 Å². The van der Waals surface area contributed by atoms with Crippen LogP contribution < -0.4 is 15.5 Å². The molecule has 2 N–H and O–H groups in total. The molecule has 2 amide bonds. The van der Waals surface area contributed by atoms with E-state index >= 15 is 0 Å². The summed E-state index contributed by atoms with van der Waals surface area (Å²) in [6.45, 7) is 5.58. The first kappa shape index (κ1) is 15.0. The molecule has 2 fully saturated rings. The molecule has 6 heteroatoms. The third kappa shape index (κ3) is 2.48. The standard InChI is InChI=1S/C16H21N3O3/c1-10-7-12(19-8-13(17)11(2)16(19)21)3-4-14(10)18-5-6-22-9-15(18)20/h3-4,7,11,13H,5-6,8-9,17H2,1-2H3. The highest BCUT2D eigenvalue weighted by Gasteiger charge is 2.35. The number of anilines is 2. The van der Waals surface area contributed by atoms with Crippen LogP contribution in [0.5, 0.6) is 0 Å². The minimum atomic E-state index is -0.152. The van der Waals surface area contributed by atoms with Gasteiger partial charge in [0.2, 0.25) is 5.91 Å². The number of morpholine rings is 1. The van der Waals surface area contributed by atoms with Crippen molar-refractivity contribution in [2.75, 3.05) is 36.1 Å². The van der Waals surface area contributed by atoms with Gasteiger partial charge in [-0.25, -0.2) is 0 Å². The Bertz CT molecular complexity index is 617. The van der Waals surface area contributed by atoms with Crippen LogP contribution in [0.4, 0.5) is 11.4 Å². The molecule has 2 unspecified atom stereocenters. The quantitative estimate of drug-likeness (QED) is 0.871. The topological polar surface area (TPSA) is 75.9 Å². The SMILES string of the molecule is Cc1cc(N2CC(N)C(C)C2=O)ccc1N1CCOCC1=O. The van der Waals surface area contributed by atoms with Crippen LogP contribution in [0, 0.1) is 12.8 Å². The van der Waals surface area contributed by atoms with Gasteiger partial charge in [0.15, 0.2) is 0 Å². The number of ether oxygens (including phenoxy) is 1. The molecule has 1 aromatic rings. The molecule has 22 heavy (non-hydrogen) atoms. The fourth-order valence-corrected chi connectivity index (χ4v) is 3.00. The molecule has 2 saturated heterocycles. The Labute approximate surface area is 129 Å². The lowest BCUT2D eigenvalue weighted by Gasteiger charge is -2.29. The zero-order chi connectivity index (χ0) is 15.9. The number of nitrogens with two attached hydrogens (primary N) is 1. The minimum absolute atomic E-state index is 0.0324. The summed E-state index contributed by atoms with van der Waals surface area (Å²) in [4.78, 5) is 27.6. The summed E-state index contributed by atoms with van der Waals surface area (Å²) in [7, 11) is 0. The van der Waals surface area contributed by atoms with Gasteiger partial charge in [0.1, 0.15) is 6.61 Å². The molecule has 0 radical (unpaired) electrons. The van der Waals surface area contributed by atoms with E-state index in [1.165, 1.54) is 0 Å². The van der Waals surface area contributed by atoms with E-state index in [2.05, 4.69) is 0 Å². The van der Waals surface area contributed by atoms with E-state index < -0.39 is 0 Å². The Kier molecular flexibility index (Phi) is 3.88. The molecule has 3 rings (SSSR count). The average Bonchev–Trinajstić information content (AvgIpc) is 2.76. The number of rotatable bonds is 2. The molecule has 0 saturated carbocycles. The van der Waals surface area contributed by atoms with E-state index in [0.717, 1.165) is 16.9 Å². The van der Waals surface area contributed by atoms with Crippen LogP contribution in [-0.2, 0) is 14.3 Å². The first-order valence-electron chi connectivity index (χ1n) is 7.55. The number of aryl methyl sites for hydroxylation is 1. The Morgan fingerprint density at radius 1 is 1.27 bits per heavy atom. The molecule has 2 aliphatic rings. The van der Waals surface area contributed by atoms with E-state index in [1.807, 2.05) is 32.0 Å². The van der Waals surface area contributed by atoms with Gasteiger partial charge in [0.05, 0.1) is 12.5 Å².